The molecule has 0 atom stereocenters. The van der Waals surface area contributed by atoms with Crippen LogP contribution in [0, 0.1) is 27.7 Å². The summed E-state index contributed by atoms with van der Waals surface area (Å²) in [5.74, 6) is -3.22. The van der Waals surface area contributed by atoms with Crippen LogP contribution < -0.4 is 10.6 Å². The smallest absolute Gasteiger partial charge is 0.253 e. The summed E-state index contributed by atoms with van der Waals surface area (Å²) < 4.78 is 60.3. The average molecular weight is 696 g/mol. The number of hydrogen-bond donors (Lipinski definition) is 2. The van der Waals surface area contributed by atoms with E-state index < -0.39 is 11.8 Å². The summed E-state index contributed by atoms with van der Waals surface area (Å²) in [7, 11) is 1.57. The molecule has 4 heterocycles. The van der Waals surface area contributed by atoms with Gasteiger partial charge in [0.05, 0.1) is 29.4 Å². The van der Waals surface area contributed by atoms with E-state index in [-0.39, 0.29) is 37.8 Å². The van der Waals surface area contributed by atoms with Gasteiger partial charge in [-0.1, -0.05) is 15.9 Å². The molecule has 0 aliphatic heterocycles. The third-order valence-electron chi connectivity index (χ3n) is 7.25. The first-order valence-corrected chi connectivity index (χ1v) is 15.5. The highest BCUT2D eigenvalue weighted by atomic mass is 79.9. The van der Waals surface area contributed by atoms with Gasteiger partial charge in [-0.05, 0) is 39.8 Å². The number of anilines is 2. The maximum absolute atomic E-state index is 13.0. The minimum absolute atomic E-state index is 0.157. The van der Waals surface area contributed by atoms with Crippen molar-refractivity contribution in [2.24, 2.45) is 0 Å². The zero-order valence-corrected chi connectivity index (χ0v) is 27.2. The second kappa shape index (κ2) is 13.0. The maximum atomic E-state index is 13.0. The lowest BCUT2D eigenvalue weighted by Gasteiger charge is -2.35. The Morgan fingerprint density at radius 1 is 0.733 bits per heavy atom. The highest BCUT2D eigenvalue weighted by molar-refractivity contribution is 9.08. The van der Waals surface area contributed by atoms with Crippen LogP contribution in [0.25, 0.3) is 11.9 Å². The fourth-order valence-corrected chi connectivity index (χ4v) is 5.49. The zero-order chi connectivity index (χ0) is 32.5. The van der Waals surface area contributed by atoms with E-state index in [1.807, 2.05) is 39.8 Å². The average Bonchev–Trinajstić information content (AvgIpc) is 3.45. The minimum atomic E-state index is -2.57. The highest BCUT2D eigenvalue weighted by Crippen LogP contribution is 2.39. The molecule has 11 nitrogen and oxygen atoms in total. The molecule has 0 unspecified atom stereocenters. The molecule has 0 radical (unpaired) electrons. The van der Waals surface area contributed by atoms with Crippen molar-refractivity contribution in [3.8, 4) is 11.9 Å². The van der Waals surface area contributed by atoms with Crippen LogP contribution in [-0.4, -0.2) is 70.5 Å². The van der Waals surface area contributed by atoms with Crippen molar-refractivity contribution >= 4 is 27.6 Å². The molecule has 6 rings (SSSR count). The first-order chi connectivity index (χ1) is 21.2. The van der Waals surface area contributed by atoms with Gasteiger partial charge in [-0.3, -0.25) is 0 Å². The summed E-state index contributed by atoms with van der Waals surface area (Å²) in [5, 5.41) is 15.4. The van der Waals surface area contributed by atoms with Gasteiger partial charge < -0.3 is 15.4 Å². The Morgan fingerprint density at radius 3 is 1.51 bits per heavy atom. The van der Waals surface area contributed by atoms with E-state index in [9.17, 15) is 17.6 Å². The van der Waals surface area contributed by atoms with Crippen molar-refractivity contribution in [2.45, 2.75) is 89.2 Å². The largest absolute Gasteiger partial charge is 0.378 e. The van der Waals surface area contributed by atoms with Gasteiger partial charge in [0.25, 0.3) is 23.7 Å². The van der Waals surface area contributed by atoms with Gasteiger partial charge in [0, 0.05) is 73.7 Å². The summed E-state index contributed by atoms with van der Waals surface area (Å²) in [6.45, 7) is 7.92. The second-order valence-electron chi connectivity index (χ2n) is 11.5. The van der Waals surface area contributed by atoms with E-state index >= 15 is 0 Å². The normalized spacial score (nSPS) is 17.2. The van der Waals surface area contributed by atoms with E-state index in [1.54, 1.807) is 28.6 Å². The van der Waals surface area contributed by atoms with Crippen LogP contribution in [0.15, 0.2) is 24.3 Å². The summed E-state index contributed by atoms with van der Waals surface area (Å²) in [4.78, 5) is 17.7. The van der Waals surface area contributed by atoms with Gasteiger partial charge in [0.15, 0.2) is 0 Å². The fourth-order valence-electron chi connectivity index (χ4n) is 5.20. The molecule has 2 N–H and O–H groups in total. The molecule has 0 bridgehead atoms. The van der Waals surface area contributed by atoms with E-state index in [1.165, 1.54) is 0 Å². The Bertz CT molecular complexity index is 1640. The monoisotopic (exact) mass is 694 g/mol. The van der Waals surface area contributed by atoms with Crippen molar-refractivity contribution in [1.82, 2.24) is 39.5 Å². The Labute approximate surface area is 266 Å². The molecule has 4 aromatic rings. The Morgan fingerprint density at radius 2 is 1.16 bits per heavy atom. The van der Waals surface area contributed by atoms with Crippen molar-refractivity contribution in [2.75, 3.05) is 17.7 Å². The molecule has 0 saturated heterocycles. The topological polar surface area (TPSA) is 120 Å². The third-order valence-corrected chi connectivity index (χ3v) is 7.82. The summed E-state index contributed by atoms with van der Waals surface area (Å²) >= 11 is 3.37. The minimum Gasteiger partial charge on any atom is -0.378 e. The first-order valence-electron chi connectivity index (χ1n) is 14.4. The fraction of sp³-hybridized carbons (Fsp3) is 0.517. The van der Waals surface area contributed by atoms with E-state index in [4.69, 9.17) is 4.74 Å². The van der Waals surface area contributed by atoms with Crippen LogP contribution in [0.2, 0.25) is 0 Å². The standard InChI is InChI=1S/C15H19F2N5O.C14H16BrF2N5/c1-9-4-10(2)22(21-9)14-19-11(8-23-3)5-13(20-14)18-12-6-15(16,17)7-12;1-8-3-9(2)22(21-8)13-19-10(7-15)4-12(20-13)18-11-5-14(16,17)6-11/h4-5,12H,6-8H2,1-3H3,(H,18,19,20);3-4,11H,5-7H2,1-2H3,(H,18,19,20). The Hall–Kier alpha value is -3.66. The lowest BCUT2D eigenvalue weighted by Crippen LogP contribution is -2.44. The molecular weight excluding hydrogens is 660 g/mol. The zero-order valence-electron chi connectivity index (χ0n) is 25.6. The van der Waals surface area contributed by atoms with E-state index in [2.05, 4.69) is 56.7 Å². The Kier molecular flexibility index (Phi) is 9.44. The van der Waals surface area contributed by atoms with Gasteiger partial charge in [-0.15, -0.1) is 0 Å². The molecule has 2 saturated carbocycles. The number of aryl methyl sites for hydroxylation is 4. The third kappa shape index (κ3) is 8.14. The van der Waals surface area contributed by atoms with Crippen molar-refractivity contribution in [3.05, 3.63) is 58.4 Å². The molecule has 0 amide bonds. The number of halogens is 5. The number of hydrogen-bond acceptors (Lipinski definition) is 9. The van der Waals surface area contributed by atoms with Crippen LogP contribution in [0.3, 0.4) is 0 Å². The van der Waals surface area contributed by atoms with Crippen molar-refractivity contribution in [1.29, 1.82) is 0 Å². The molecule has 4 aromatic heterocycles. The molecular formula is C29H35BrF4N10O. The van der Waals surface area contributed by atoms with Gasteiger partial charge in [0.2, 0.25) is 0 Å². The van der Waals surface area contributed by atoms with Crippen LogP contribution in [0.4, 0.5) is 29.2 Å². The molecule has 242 valence electrons. The SMILES string of the molecule is COCc1cc(NC2CC(F)(F)C2)nc(-n2nc(C)cc2C)n1.Cc1cc(C)n(-c2nc(CBr)cc(NC3CC(F)(F)C3)n2)n1. The van der Waals surface area contributed by atoms with Gasteiger partial charge in [0.1, 0.15) is 11.6 Å². The number of rotatable bonds is 9. The van der Waals surface area contributed by atoms with Crippen LogP contribution in [-0.2, 0) is 16.7 Å². The highest BCUT2D eigenvalue weighted by Gasteiger charge is 2.46. The van der Waals surface area contributed by atoms with Gasteiger partial charge in [-0.2, -0.15) is 20.2 Å². The van der Waals surface area contributed by atoms with E-state index in [0.717, 1.165) is 28.5 Å². The quantitative estimate of drug-likeness (QED) is 0.160. The first kappa shape index (κ1) is 32.7. The second-order valence-corrected chi connectivity index (χ2v) is 12.1. The molecule has 45 heavy (non-hydrogen) atoms. The van der Waals surface area contributed by atoms with Crippen LogP contribution in [0.5, 0.6) is 0 Å². The van der Waals surface area contributed by atoms with E-state index in [0.29, 0.717) is 41.2 Å². The summed E-state index contributed by atoms with van der Waals surface area (Å²) in [5.41, 5.74) is 4.99. The lowest BCUT2D eigenvalue weighted by atomic mass is 9.88. The molecule has 16 heteroatoms. The molecule has 2 aliphatic carbocycles. The number of ether oxygens (including phenoxy) is 1. The number of methoxy groups -OCH3 is 1. The molecule has 2 fully saturated rings. The molecule has 0 aromatic carbocycles. The number of aromatic nitrogens is 8. The summed E-state index contributed by atoms with van der Waals surface area (Å²) in [6.07, 6.45) is -0.663. The predicted molar refractivity (Wildman–Crippen MR) is 164 cm³/mol. The summed E-state index contributed by atoms with van der Waals surface area (Å²) in [6, 6.07) is 6.82. The van der Waals surface area contributed by atoms with Crippen molar-refractivity contribution in [3.63, 3.8) is 0 Å². The molecule has 0 spiro atoms. The number of nitrogens with zero attached hydrogens (tertiary/aromatic N) is 8. The van der Waals surface area contributed by atoms with Crippen LogP contribution in [0.1, 0.15) is 59.8 Å². The van der Waals surface area contributed by atoms with Crippen molar-refractivity contribution < 1.29 is 22.3 Å². The van der Waals surface area contributed by atoms with Crippen LogP contribution >= 0.6 is 15.9 Å². The maximum Gasteiger partial charge on any atom is 0.253 e. The Balaban J connectivity index is 0.000000178. The molecule has 2 aliphatic rings. The predicted octanol–water partition coefficient (Wildman–Crippen LogP) is 6.02. The van der Waals surface area contributed by atoms with Gasteiger partial charge in [-0.25, -0.2) is 36.9 Å². The number of alkyl halides is 5. The lowest BCUT2D eigenvalue weighted by molar-refractivity contribution is -0.0800. The van der Waals surface area contributed by atoms with Gasteiger partial charge >= 0.3 is 0 Å². The number of nitrogens with one attached hydrogen (secondary N) is 2.